The first-order valence-corrected chi connectivity index (χ1v) is 7.53. The maximum Gasteiger partial charge on any atom is 0.344 e. The summed E-state index contributed by atoms with van der Waals surface area (Å²) in [5.74, 6) is -4.40. The molecule has 1 amide bonds. The molecule has 0 radical (unpaired) electrons. The lowest BCUT2D eigenvalue weighted by Gasteiger charge is -2.15. The standard InChI is InChI=1S/C17H14F2N2O6/c1-9(27-17(23)15-11(18)4-3-5-12(15)19)16(22)20-13-7-6-10(21(24)25)8-14(13)26-2/h3-9H,1-2H3,(H,20,22)/t9-/m0/s1. The van der Waals surface area contributed by atoms with Crippen LogP contribution in [0.4, 0.5) is 20.2 Å². The number of halogens is 2. The van der Waals surface area contributed by atoms with Crippen LogP contribution in [-0.4, -0.2) is 30.0 Å². The molecule has 0 aromatic heterocycles. The third-order valence-electron chi connectivity index (χ3n) is 3.47. The summed E-state index contributed by atoms with van der Waals surface area (Å²) in [5.41, 5.74) is -1.07. The first-order chi connectivity index (χ1) is 12.7. The number of non-ortho nitro benzene ring substituents is 1. The van der Waals surface area contributed by atoms with Crippen molar-refractivity contribution in [1.82, 2.24) is 0 Å². The van der Waals surface area contributed by atoms with Gasteiger partial charge in [-0.1, -0.05) is 6.07 Å². The maximum atomic E-state index is 13.6. The first-order valence-electron chi connectivity index (χ1n) is 7.53. The number of methoxy groups -OCH3 is 1. The van der Waals surface area contributed by atoms with Crippen LogP contribution >= 0.6 is 0 Å². The normalized spacial score (nSPS) is 11.4. The highest BCUT2D eigenvalue weighted by molar-refractivity contribution is 5.98. The van der Waals surface area contributed by atoms with E-state index >= 15 is 0 Å². The number of hydrogen-bond donors (Lipinski definition) is 1. The predicted molar refractivity (Wildman–Crippen MR) is 89.5 cm³/mol. The number of rotatable bonds is 6. The molecule has 0 aliphatic carbocycles. The highest BCUT2D eigenvalue weighted by atomic mass is 19.1. The molecular weight excluding hydrogens is 366 g/mol. The number of nitrogens with one attached hydrogen (secondary N) is 1. The fraction of sp³-hybridized carbons (Fsp3) is 0.176. The third kappa shape index (κ3) is 4.54. The minimum Gasteiger partial charge on any atom is -0.494 e. The molecule has 2 aromatic carbocycles. The predicted octanol–water partition coefficient (Wildman–Crippen LogP) is 3.07. The molecule has 0 aliphatic rings. The molecule has 1 atom stereocenters. The number of nitro groups is 1. The number of nitro benzene ring substituents is 1. The Balaban J connectivity index is 2.12. The van der Waals surface area contributed by atoms with Gasteiger partial charge < -0.3 is 14.8 Å². The first kappa shape index (κ1) is 19.8. The average molecular weight is 380 g/mol. The van der Waals surface area contributed by atoms with Gasteiger partial charge in [-0.2, -0.15) is 0 Å². The molecule has 1 N–H and O–H groups in total. The number of benzene rings is 2. The van der Waals surface area contributed by atoms with Gasteiger partial charge in [0.1, 0.15) is 22.9 Å². The fourth-order valence-corrected chi connectivity index (χ4v) is 2.10. The van der Waals surface area contributed by atoms with E-state index < -0.39 is 40.1 Å². The summed E-state index contributed by atoms with van der Waals surface area (Å²) in [6, 6.07) is 6.32. The van der Waals surface area contributed by atoms with Crippen molar-refractivity contribution < 1.29 is 32.8 Å². The van der Waals surface area contributed by atoms with Gasteiger partial charge in [-0.3, -0.25) is 14.9 Å². The van der Waals surface area contributed by atoms with Gasteiger partial charge in [0.15, 0.2) is 6.10 Å². The van der Waals surface area contributed by atoms with E-state index in [0.717, 1.165) is 30.3 Å². The van der Waals surface area contributed by atoms with Crippen LogP contribution in [0.2, 0.25) is 0 Å². The van der Waals surface area contributed by atoms with Crippen molar-refractivity contribution in [2.75, 3.05) is 12.4 Å². The van der Waals surface area contributed by atoms with Crippen LogP contribution in [0, 0.1) is 21.7 Å². The van der Waals surface area contributed by atoms with Crippen LogP contribution in [-0.2, 0) is 9.53 Å². The van der Waals surface area contributed by atoms with Crippen LogP contribution in [0.25, 0.3) is 0 Å². The smallest absolute Gasteiger partial charge is 0.344 e. The van der Waals surface area contributed by atoms with Gasteiger partial charge in [-0.15, -0.1) is 0 Å². The molecule has 0 unspecified atom stereocenters. The summed E-state index contributed by atoms with van der Waals surface area (Å²) >= 11 is 0. The molecular formula is C17H14F2N2O6. The molecule has 0 aliphatic heterocycles. The number of esters is 1. The molecule has 2 rings (SSSR count). The van der Waals surface area contributed by atoms with Gasteiger partial charge >= 0.3 is 5.97 Å². The van der Waals surface area contributed by atoms with Crippen molar-refractivity contribution in [1.29, 1.82) is 0 Å². The Morgan fingerprint density at radius 1 is 1.19 bits per heavy atom. The molecule has 10 heteroatoms. The average Bonchev–Trinajstić information content (AvgIpc) is 2.61. The zero-order valence-electron chi connectivity index (χ0n) is 14.2. The molecule has 2 aromatic rings. The van der Waals surface area contributed by atoms with E-state index in [0.29, 0.717) is 0 Å². The number of hydrogen-bond acceptors (Lipinski definition) is 6. The van der Waals surface area contributed by atoms with Gasteiger partial charge in [-0.05, 0) is 25.1 Å². The van der Waals surface area contributed by atoms with Gasteiger partial charge in [0.25, 0.3) is 11.6 Å². The molecule has 0 heterocycles. The molecule has 0 spiro atoms. The lowest BCUT2D eigenvalue weighted by Crippen LogP contribution is -2.30. The summed E-state index contributed by atoms with van der Waals surface area (Å²) in [6.07, 6.45) is -1.41. The molecule has 27 heavy (non-hydrogen) atoms. The molecule has 8 nitrogen and oxygen atoms in total. The lowest BCUT2D eigenvalue weighted by atomic mass is 10.2. The number of ether oxygens (including phenoxy) is 2. The third-order valence-corrected chi connectivity index (χ3v) is 3.47. The summed E-state index contributed by atoms with van der Waals surface area (Å²) in [4.78, 5) is 34.2. The van der Waals surface area contributed by atoms with Crippen LogP contribution in [0.1, 0.15) is 17.3 Å². The monoisotopic (exact) mass is 380 g/mol. The van der Waals surface area contributed by atoms with E-state index in [1.807, 2.05) is 0 Å². The Hall–Kier alpha value is -3.56. The highest BCUT2D eigenvalue weighted by Gasteiger charge is 2.25. The van der Waals surface area contributed by atoms with Crippen molar-refractivity contribution in [2.45, 2.75) is 13.0 Å². The van der Waals surface area contributed by atoms with Gasteiger partial charge in [0.05, 0.1) is 23.8 Å². The second-order valence-electron chi connectivity index (χ2n) is 5.28. The number of amides is 1. The van der Waals surface area contributed by atoms with E-state index in [1.165, 1.54) is 20.1 Å². The van der Waals surface area contributed by atoms with Crippen molar-refractivity contribution in [2.24, 2.45) is 0 Å². The zero-order chi connectivity index (χ0) is 20.1. The number of carbonyl (C=O) groups is 2. The molecule has 0 saturated carbocycles. The van der Waals surface area contributed by atoms with Gasteiger partial charge in [0, 0.05) is 6.07 Å². The minimum absolute atomic E-state index is 0.0104. The topological polar surface area (TPSA) is 108 Å². The number of anilines is 1. The summed E-state index contributed by atoms with van der Waals surface area (Å²) in [5, 5.41) is 13.1. The van der Waals surface area contributed by atoms with Crippen molar-refractivity contribution in [3.05, 3.63) is 63.7 Å². The van der Waals surface area contributed by atoms with Gasteiger partial charge in [-0.25, -0.2) is 13.6 Å². The lowest BCUT2D eigenvalue weighted by molar-refractivity contribution is -0.384. The Morgan fingerprint density at radius 3 is 2.37 bits per heavy atom. The largest absolute Gasteiger partial charge is 0.494 e. The Kier molecular flexibility index (Phi) is 6.01. The number of nitrogens with zero attached hydrogens (tertiary/aromatic N) is 1. The van der Waals surface area contributed by atoms with E-state index in [2.05, 4.69) is 5.32 Å². The molecule has 0 fully saturated rings. The van der Waals surface area contributed by atoms with Crippen LogP contribution in [0.5, 0.6) is 5.75 Å². The van der Waals surface area contributed by atoms with Crippen molar-refractivity contribution >= 4 is 23.3 Å². The Bertz CT molecular complexity index is 883. The molecule has 142 valence electrons. The zero-order valence-corrected chi connectivity index (χ0v) is 14.2. The Labute approximate surface area is 151 Å². The fourth-order valence-electron chi connectivity index (χ4n) is 2.10. The SMILES string of the molecule is COc1cc([N+](=O)[O-])ccc1NC(=O)[C@H](C)OC(=O)c1c(F)cccc1F. The van der Waals surface area contributed by atoms with Crippen molar-refractivity contribution in [3.8, 4) is 5.75 Å². The van der Waals surface area contributed by atoms with Gasteiger partial charge in [0.2, 0.25) is 0 Å². The second-order valence-corrected chi connectivity index (χ2v) is 5.28. The van der Waals surface area contributed by atoms with E-state index in [-0.39, 0.29) is 17.1 Å². The number of carbonyl (C=O) groups excluding carboxylic acids is 2. The summed E-state index contributed by atoms with van der Waals surface area (Å²) in [6.45, 7) is 1.20. The summed E-state index contributed by atoms with van der Waals surface area (Å²) in [7, 11) is 1.25. The second kappa shape index (κ2) is 8.21. The quantitative estimate of drug-likeness (QED) is 0.469. The summed E-state index contributed by atoms with van der Waals surface area (Å²) < 4.78 is 36.9. The van der Waals surface area contributed by atoms with Crippen LogP contribution in [0.15, 0.2) is 36.4 Å². The van der Waals surface area contributed by atoms with E-state index in [4.69, 9.17) is 9.47 Å². The van der Waals surface area contributed by atoms with E-state index in [9.17, 15) is 28.5 Å². The maximum absolute atomic E-state index is 13.6. The van der Waals surface area contributed by atoms with Crippen molar-refractivity contribution in [3.63, 3.8) is 0 Å². The van der Waals surface area contributed by atoms with Crippen LogP contribution in [0.3, 0.4) is 0 Å². The molecule has 0 saturated heterocycles. The van der Waals surface area contributed by atoms with Crippen LogP contribution < -0.4 is 10.1 Å². The van der Waals surface area contributed by atoms with E-state index in [1.54, 1.807) is 0 Å². The highest BCUT2D eigenvalue weighted by Crippen LogP contribution is 2.29. The minimum atomic E-state index is -1.41. The molecule has 0 bridgehead atoms. The Morgan fingerprint density at radius 2 is 1.81 bits per heavy atom.